The van der Waals surface area contributed by atoms with E-state index in [1.165, 1.54) is 38.6 Å². The van der Waals surface area contributed by atoms with Gasteiger partial charge in [-0.25, -0.2) is 0 Å². The third-order valence-electron chi connectivity index (χ3n) is 12.8. The van der Waals surface area contributed by atoms with Crippen molar-refractivity contribution >= 4 is 66.8 Å². The molecule has 3 heteroatoms. The second-order valence-corrected chi connectivity index (χ2v) is 16.9. The molecule has 0 aliphatic rings. The molecule has 0 amide bonds. The summed E-state index contributed by atoms with van der Waals surface area (Å²) in [4.78, 5) is 4.68. The lowest BCUT2D eigenvalue weighted by molar-refractivity contribution is 0.669. The Kier molecular flexibility index (Phi) is 10.2. The lowest BCUT2D eigenvalue weighted by atomic mass is 9.94. The van der Waals surface area contributed by atoms with E-state index in [4.69, 9.17) is 4.42 Å². The van der Waals surface area contributed by atoms with E-state index in [2.05, 4.69) is 265 Å². The molecule has 12 aromatic rings. The molecule has 0 atom stereocenters. The molecule has 1 heterocycles. The van der Waals surface area contributed by atoms with Gasteiger partial charge in [-0.1, -0.05) is 182 Å². The zero-order valence-corrected chi connectivity index (χ0v) is 36.7. The van der Waals surface area contributed by atoms with Gasteiger partial charge in [0.25, 0.3) is 0 Å². The smallest absolute Gasteiger partial charge is 0.137 e. The topological polar surface area (TPSA) is 19.6 Å². The highest BCUT2D eigenvalue weighted by atomic mass is 16.3. The summed E-state index contributed by atoms with van der Waals surface area (Å²) in [5.41, 5.74) is 17.6. The van der Waals surface area contributed by atoms with E-state index < -0.39 is 0 Å². The molecule has 0 bridgehead atoms. The molecule has 0 fully saturated rings. The van der Waals surface area contributed by atoms with Gasteiger partial charge in [-0.15, -0.1) is 0 Å². The van der Waals surface area contributed by atoms with Crippen LogP contribution >= 0.6 is 0 Å². The van der Waals surface area contributed by atoms with Crippen LogP contribution < -0.4 is 9.80 Å². The van der Waals surface area contributed by atoms with Crippen molar-refractivity contribution in [2.24, 2.45) is 0 Å². The Morgan fingerprint density at radius 1 is 0.239 bits per heavy atom. The van der Waals surface area contributed by atoms with Gasteiger partial charge in [0.15, 0.2) is 0 Å². The second kappa shape index (κ2) is 17.2. The first-order valence-corrected chi connectivity index (χ1v) is 22.8. The Morgan fingerprint density at radius 3 is 1.40 bits per heavy atom. The average Bonchev–Trinajstić information content (AvgIpc) is 3.78. The van der Waals surface area contributed by atoms with Gasteiger partial charge in [-0.3, -0.25) is 0 Å². The lowest BCUT2D eigenvalue weighted by Crippen LogP contribution is -2.11. The van der Waals surface area contributed by atoms with Crippen LogP contribution in [0.25, 0.3) is 77.2 Å². The van der Waals surface area contributed by atoms with E-state index in [1.807, 2.05) is 12.1 Å². The average molecular weight is 857 g/mol. The van der Waals surface area contributed by atoms with Crippen molar-refractivity contribution in [3.63, 3.8) is 0 Å². The number of rotatable bonds is 10. The molecule has 12 rings (SSSR count). The van der Waals surface area contributed by atoms with Crippen molar-refractivity contribution in [1.82, 2.24) is 0 Å². The van der Waals surface area contributed by atoms with Crippen LogP contribution in [0.5, 0.6) is 0 Å². The Morgan fingerprint density at radius 2 is 0.701 bits per heavy atom. The molecule has 11 aromatic carbocycles. The standard InChI is InChI=1S/C64H44N2O/c1-4-17-49(18-5-1)64-58-27-11-10-16-48(58)36-41-61(64)66(57-39-40-60-59-28-12-13-29-62(59)67-63(60)44-57)55-37-34-46(35-38-55)45-30-32-47(33-31-45)50-19-14-20-51(42-50)52-21-15-26-56(43-52)65(53-22-6-2-7-23-53)54-24-8-3-9-25-54/h1-44H. The zero-order valence-electron chi connectivity index (χ0n) is 36.7. The third-order valence-corrected chi connectivity index (χ3v) is 12.8. The first-order chi connectivity index (χ1) is 33.2. The Balaban J connectivity index is 0.881. The fourth-order valence-corrected chi connectivity index (χ4v) is 9.60. The SMILES string of the molecule is c1ccc(-c2c(N(c3ccc(-c4ccc(-c5cccc(-c6cccc(N(c7ccccc7)c7ccccc7)c6)c5)cc4)cc3)c3ccc4c(c3)oc3ccccc34)ccc3ccccc23)cc1. The molecule has 3 nitrogen and oxygen atoms in total. The first-order valence-electron chi connectivity index (χ1n) is 22.8. The number of furan rings is 1. The number of fused-ring (bicyclic) bond motifs is 4. The van der Waals surface area contributed by atoms with E-state index in [-0.39, 0.29) is 0 Å². The van der Waals surface area contributed by atoms with Crippen LogP contribution in [0.3, 0.4) is 0 Å². The van der Waals surface area contributed by atoms with Crippen LogP contribution in [-0.2, 0) is 0 Å². The quantitative estimate of drug-likeness (QED) is 0.137. The largest absolute Gasteiger partial charge is 0.456 e. The minimum atomic E-state index is 0.860. The van der Waals surface area contributed by atoms with Crippen LogP contribution in [0.15, 0.2) is 271 Å². The molecule has 0 saturated carbocycles. The van der Waals surface area contributed by atoms with Crippen LogP contribution in [0.1, 0.15) is 0 Å². The Hall–Kier alpha value is -8.92. The molecule has 0 unspecified atom stereocenters. The summed E-state index contributed by atoms with van der Waals surface area (Å²) in [5, 5.41) is 4.63. The van der Waals surface area contributed by atoms with Crippen molar-refractivity contribution in [1.29, 1.82) is 0 Å². The Labute approximate surface area is 390 Å². The summed E-state index contributed by atoms with van der Waals surface area (Å²) in [6, 6.07) is 95.4. The monoisotopic (exact) mass is 856 g/mol. The summed E-state index contributed by atoms with van der Waals surface area (Å²) in [7, 11) is 0. The second-order valence-electron chi connectivity index (χ2n) is 16.9. The van der Waals surface area contributed by atoms with Gasteiger partial charge >= 0.3 is 0 Å². The highest BCUT2D eigenvalue weighted by Crippen LogP contribution is 2.46. The van der Waals surface area contributed by atoms with Crippen LogP contribution in [-0.4, -0.2) is 0 Å². The molecule has 0 N–H and O–H groups in total. The van der Waals surface area contributed by atoms with Gasteiger partial charge in [-0.05, 0) is 129 Å². The summed E-state index contributed by atoms with van der Waals surface area (Å²) >= 11 is 0. The molecule has 0 aliphatic carbocycles. The number of para-hydroxylation sites is 3. The molecule has 1 aromatic heterocycles. The fraction of sp³-hybridized carbons (Fsp3) is 0. The van der Waals surface area contributed by atoms with Gasteiger partial charge < -0.3 is 14.2 Å². The predicted octanol–water partition coefficient (Wildman–Crippen LogP) is 18.3. The maximum atomic E-state index is 6.46. The molecule has 67 heavy (non-hydrogen) atoms. The maximum absolute atomic E-state index is 6.46. The summed E-state index contributed by atoms with van der Waals surface area (Å²) in [6.07, 6.45) is 0. The fourth-order valence-electron chi connectivity index (χ4n) is 9.60. The molecular weight excluding hydrogens is 813 g/mol. The number of benzene rings is 11. The predicted molar refractivity (Wildman–Crippen MR) is 282 cm³/mol. The van der Waals surface area contributed by atoms with Crippen molar-refractivity contribution in [3.05, 3.63) is 267 Å². The number of anilines is 6. The van der Waals surface area contributed by atoms with Crippen molar-refractivity contribution in [2.45, 2.75) is 0 Å². The summed E-state index contributed by atoms with van der Waals surface area (Å²) in [6.45, 7) is 0. The third kappa shape index (κ3) is 7.59. The summed E-state index contributed by atoms with van der Waals surface area (Å²) in [5.74, 6) is 0. The minimum absolute atomic E-state index is 0.860. The normalized spacial score (nSPS) is 11.3. The van der Waals surface area contributed by atoms with Gasteiger partial charge in [0.05, 0.1) is 5.69 Å². The first kappa shape index (κ1) is 39.7. The van der Waals surface area contributed by atoms with Crippen LogP contribution in [0, 0.1) is 0 Å². The van der Waals surface area contributed by atoms with Crippen molar-refractivity contribution < 1.29 is 4.42 Å². The van der Waals surface area contributed by atoms with Crippen molar-refractivity contribution in [2.75, 3.05) is 9.80 Å². The van der Waals surface area contributed by atoms with E-state index in [0.717, 1.165) is 72.8 Å². The minimum Gasteiger partial charge on any atom is -0.456 e. The Bertz CT molecular complexity index is 3630. The maximum Gasteiger partial charge on any atom is 0.137 e. The molecular formula is C64H44N2O. The molecule has 0 radical (unpaired) electrons. The van der Waals surface area contributed by atoms with E-state index >= 15 is 0 Å². The summed E-state index contributed by atoms with van der Waals surface area (Å²) < 4.78 is 6.46. The van der Waals surface area contributed by atoms with Crippen LogP contribution in [0.2, 0.25) is 0 Å². The van der Waals surface area contributed by atoms with Gasteiger partial charge in [0, 0.05) is 50.8 Å². The molecule has 0 saturated heterocycles. The van der Waals surface area contributed by atoms with Gasteiger partial charge in [0.1, 0.15) is 11.2 Å². The van der Waals surface area contributed by atoms with Gasteiger partial charge in [-0.2, -0.15) is 0 Å². The molecule has 0 aliphatic heterocycles. The zero-order chi connectivity index (χ0) is 44.5. The number of hydrogen-bond donors (Lipinski definition) is 0. The van der Waals surface area contributed by atoms with Crippen LogP contribution in [0.4, 0.5) is 34.1 Å². The molecule has 0 spiro atoms. The van der Waals surface area contributed by atoms with Crippen molar-refractivity contribution in [3.8, 4) is 44.5 Å². The lowest BCUT2D eigenvalue weighted by Gasteiger charge is -2.29. The highest BCUT2D eigenvalue weighted by molar-refractivity contribution is 6.08. The molecule has 316 valence electrons. The number of nitrogens with zero attached hydrogens (tertiary/aromatic N) is 2. The van der Waals surface area contributed by atoms with E-state index in [9.17, 15) is 0 Å². The highest BCUT2D eigenvalue weighted by Gasteiger charge is 2.21. The number of hydrogen-bond acceptors (Lipinski definition) is 3. The van der Waals surface area contributed by atoms with E-state index in [0.29, 0.717) is 0 Å². The van der Waals surface area contributed by atoms with E-state index in [1.54, 1.807) is 0 Å². The van der Waals surface area contributed by atoms with Gasteiger partial charge in [0.2, 0.25) is 0 Å².